The lowest BCUT2D eigenvalue weighted by Crippen LogP contribution is -2.07. The van der Waals surface area contributed by atoms with Gasteiger partial charge in [-0.3, -0.25) is 0 Å². The minimum absolute atomic E-state index is 0.00329. The van der Waals surface area contributed by atoms with Crippen LogP contribution in [0.2, 0.25) is 0 Å². The second kappa shape index (κ2) is 5.45. The lowest BCUT2D eigenvalue weighted by molar-refractivity contribution is 0.340. The van der Waals surface area contributed by atoms with Crippen molar-refractivity contribution in [3.63, 3.8) is 0 Å². The zero-order chi connectivity index (χ0) is 14.0. The van der Waals surface area contributed by atoms with Gasteiger partial charge in [0.05, 0.1) is 18.0 Å². The van der Waals surface area contributed by atoms with Gasteiger partial charge in [-0.15, -0.1) is 0 Å². The number of aromatic nitrogens is 2. The maximum Gasteiger partial charge on any atom is 0.119 e. The molecule has 102 valence electrons. The van der Waals surface area contributed by atoms with Crippen LogP contribution >= 0.6 is 0 Å². The van der Waals surface area contributed by atoms with Crippen molar-refractivity contribution < 1.29 is 4.74 Å². The number of nitrogens with zero attached hydrogens (tertiary/aromatic N) is 2. The molecule has 1 heterocycles. The summed E-state index contributed by atoms with van der Waals surface area (Å²) in [6.45, 7) is 8.68. The summed E-state index contributed by atoms with van der Waals surface area (Å²) < 4.78 is 7.38. The monoisotopic (exact) mass is 259 g/mol. The molecule has 0 aliphatic rings. The number of hydrogen-bond acceptors (Lipinski definition) is 3. The topological polar surface area (TPSA) is 53.1 Å². The van der Waals surface area contributed by atoms with Crippen LogP contribution in [-0.4, -0.2) is 16.4 Å². The Morgan fingerprint density at radius 2 is 1.89 bits per heavy atom. The molecule has 0 spiro atoms. The molecule has 19 heavy (non-hydrogen) atoms. The molecule has 0 fully saturated rings. The Morgan fingerprint density at radius 1 is 1.26 bits per heavy atom. The Kier molecular flexibility index (Phi) is 3.90. The molecule has 4 nitrogen and oxygen atoms in total. The van der Waals surface area contributed by atoms with Crippen LogP contribution in [0.1, 0.15) is 36.8 Å². The predicted molar refractivity (Wildman–Crippen MR) is 76.8 cm³/mol. The molecule has 0 aliphatic heterocycles. The van der Waals surface area contributed by atoms with Crippen LogP contribution in [0.3, 0.4) is 0 Å². The molecule has 2 rings (SSSR count). The van der Waals surface area contributed by atoms with Gasteiger partial charge in [-0.2, -0.15) is 5.10 Å². The molecular formula is C15H21N3O. The van der Waals surface area contributed by atoms with E-state index in [-0.39, 0.29) is 6.04 Å². The molecule has 2 N–H and O–H groups in total. The highest BCUT2D eigenvalue weighted by Gasteiger charge is 2.15. The van der Waals surface area contributed by atoms with Crippen molar-refractivity contribution in [3.8, 4) is 11.4 Å². The quantitative estimate of drug-likeness (QED) is 0.918. The fourth-order valence-corrected chi connectivity index (χ4v) is 2.42. The second-order valence-electron chi connectivity index (χ2n) is 4.71. The van der Waals surface area contributed by atoms with Crippen molar-refractivity contribution in [1.82, 2.24) is 9.78 Å². The van der Waals surface area contributed by atoms with Crippen LogP contribution < -0.4 is 10.5 Å². The first kappa shape index (κ1) is 13.6. The molecule has 0 aliphatic carbocycles. The molecule has 1 unspecified atom stereocenters. The van der Waals surface area contributed by atoms with Gasteiger partial charge in [0.25, 0.3) is 0 Å². The van der Waals surface area contributed by atoms with Gasteiger partial charge < -0.3 is 10.5 Å². The highest BCUT2D eigenvalue weighted by molar-refractivity contribution is 5.41. The first-order valence-corrected chi connectivity index (χ1v) is 6.59. The van der Waals surface area contributed by atoms with Crippen molar-refractivity contribution in [2.75, 3.05) is 6.61 Å². The van der Waals surface area contributed by atoms with E-state index in [1.54, 1.807) is 0 Å². The maximum absolute atomic E-state index is 6.00. The summed E-state index contributed by atoms with van der Waals surface area (Å²) in [6.07, 6.45) is 0. The predicted octanol–water partition coefficient (Wildman–Crippen LogP) is 2.91. The van der Waals surface area contributed by atoms with E-state index in [1.807, 2.05) is 49.7 Å². The van der Waals surface area contributed by atoms with Crippen LogP contribution in [0.5, 0.6) is 5.75 Å². The van der Waals surface area contributed by atoms with E-state index >= 15 is 0 Å². The van der Waals surface area contributed by atoms with Gasteiger partial charge in [-0.1, -0.05) is 0 Å². The molecule has 0 radical (unpaired) electrons. The van der Waals surface area contributed by atoms with E-state index in [2.05, 4.69) is 12.0 Å². The molecule has 1 aromatic heterocycles. The number of nitrogens with two attached hydrogens (primary N) is 1. The average Bonchev–Trinajstić information content (AvgIpc) is 2.66. The van der Waals surface area contributed by atoms with E-state index in [0.29, 0.717) is 6.61 Å². The number of rotatable bonds is 4. The van der Waals surface area contributed by atoms with Crippen LogP contribution in [-0.2, 0) is 0 Å². The first-order chi connectivity index (χ1) is 9.04. The first-order valence-electron chi connectivity index (χ1n) is 6.59. The Labute approximate surface area is 114 Å². The van der Waals surface area contributed by atoms with E-state index in [1.165, 1.54) is 0 Å². The summed E-state index contributed by atoms with van der Waals surface area (Å²) in [5.74, 6) is 0.875. The molecule has 4 heteroatoms. The zero-order valence-electron chi connectivity index (χ0n) is 12.0. The Morgan fingerprint density at radius 3 is 2.37 bits per heavy atom. The van der Waals surface area contributed by atoms with Crippen molar-refractivity contribution >= 4 is 0 Å². The van der Waals surface area contributed by atoms with E-state index in [4.69, 9.17) is 10.5 Å². The minimum Gasteiger partial charge on any atom is -0.494 e. The zero-order valence-corrected chi connectivity index (χ0v) is 12.0. The third-order valence-electron chi connectivity index (χ3n) is 3.19. The van der Waals surface area contributed by atoms with Gasteiger partial charge in [-0.25, -0.2) is 4.68 Å². The van der Waals surface area contributed by atoms with Crippen LogP contribution in [0.25, 0.3) is 5.69 Å². The largest absolute Gasteiger partial charge is 0.494 e. The van der Waals surface area contributed by atoms with Crippen molar-refractivity contribution in [2.24, 2.45) is 5.73 Å². The third-order valence-corrected chi connectivity index (χ3v) is 3.19. The average molecular weight is 259 g/mol. The molecule has 1 atom stereocenters. The minimum atomic E-state index is -0.00329. The van der Waals surface area contributed by atoms with Crippen LogP contribution in [0, 0.1) is 13.8 Å². The molecule has 0 amide bonds. The summed E-state index contributed by atoms with van der Waals surface area (Å²) in [7, 11) is 0. The number of ether oxygens (including phenoxy) is 1. The number of aryl methyl sites for hydroxylation is 1. The molecule has 2 aromatic rings. The second-order valence-corrected chi connectivity index (χ2v) is 4.71. The Hall–Kier alpha value is -1.81. The van der Waals surface area contributed by atoms with E-state index < -0.39 is 0 Å². The van der Waals surface area contributed by atoms with Gasteiger partial charge in [-0.05, 0) is 52.0 Å². The maximum atomic E-state index is 6.00. The third kappa shape index (κ3) is 2.63. The molecule has 0 saturated carbocycles. The number of benzene rings is 1. The molecule has 0 bridgehead atoms. The summed E-state index contributed by atoms with van der Waals surface area (Å²) in [4.78, 5) is 0. The summed E-state index contributed by atoms with van der Waals surface area (Å²) in [6, 6.07) is 7.93. The fourth-order valence-electron chi connectivity index (χ4n) is 2.42. The number of hydrogen-bond donors (Lipinski definition) is 1. The summed E-state index contributed by atoms with van der Waals surface area (Å²) in [5.41, 5.74) is 10.2. The SMILES string of the molecule is CCOc1ccc(-n2nc(C)c(C(C)N)c2C)cc1. The van der Waals surface area contributed by atoms with Gasteiger partial charge >= 0.3 is 0 Å². The molecular weight excluding hydrogens is 238 g/mol. The summed E-state index contributed by atoms with van der Waals surface area (Å²) >= 11 is 0. The highest BCUT2D eigenvalue weighted by Crippen LogP contribution is 2.23. The van der Waals surface area contributed by atoms with Crippen LogP contribution in [0.4, 0.5) is 0 Å². The summed E-state index contributed by atoms with van der Waals surface area (Å²) in [5, 5.41) is 4.57. The lowest BCUT2D eigenvalue weighted by atomic mass is 10.1. The smallest absolute Gasteiger partial charge is 0.119 e. The molecule has 0 saturated heterocycles. The molecule has 1 aromatic carbocycles. The lowest BCUT2D eigenvalue weighted by Gasteiger charge is -2.08. The van der Waals surface area contributed by atoms with Crippen molar-refractivity contribution in [3.05, 3.63) is 41.2 Å². The normalized spacial score (nSPS) is 12.5. The highest BCUT2D eigenvalue weighted by atomic mass is 16.5. The van der Waals surface area contributed by atoms with Crippen molar-refractivity contribution in [2.45, 2.75) is 33.7 Å². The van der Waals surface area contributed by atoms with Gasteiger partial charge in [0.15, 0.2) is 0 Å². The fraction of sp³-hybridized carbons (Fsp3) is 0.400. The van der Waals surface area contributed by atoms with Gasteiger partial charge in [0, 0.05) is 17.3 Å². The van der Waals surface area contributed by atoms with Crippen LogP contribution in [0.15, 0.2) is 24.3 Å². The van der Waals surface area contributed by atoms with E-state index in [0.717, 1.165) is 28.4 Å². The van der Waals surface area contributed by atoms with Gasteiger partial charge in [0.1, 0.15) is 5.75 Å². The van der Waals surface area contributed by atoms with Gasteiger partial charge in [0.2, 0.25) is 0 Å². The Bertz CT molecular complexity index is 556. The Balaban J connectivity index is 2.39. The van der Waals surface area contributed by atoms with E-state index in [9.17, 15) is 0 Å². The van der Waals surface area contributed by atoms with Crippen molar-refractivity contribution in [1.29, 1.82) is 0 Å². The standard InChI is InChI=1S/C15H21N3O/c1-5-19-14-8-6-13(7-9-14)18-12(4)15(10(2)16)11(3)17-18/h6-10H,5,16H2,1-4H3.